The van der Waals surface area contributed by atoms with E-state index in [9.17, 15) is 24.0 Å². The van der Waals surface area contributed by atoms with E-state index < -0.39 is 41.2 Å². The largest absolute Gasteiger partial charge is 0.341 e. The van der Waals surface area contributed by atoms with Gasteiger partial charge in [0.05, 0.1) is 0 Å². The van der Waals surface area contributed by atoms with Crippen molar-refractivity contribution in [2.24, 2.45) is 11.5 Å². The van der Waals surface area contributed by atoms with Gasteiger partial charge in [0.1, 0.15) is 6.17 Å². The van der Waals surface area contributed by atoms with Crippen LogP contribution in [0.25, 0.3) is 0 Å². The Kier molecular flexibility index (Phi) is 3.55. The minimum Gasteiger partial charge on any atom is -0.308 e. The zero-order valence-electron chi connectivity index (χ0n) is 10.7. The van der Waals surface area contributed by atoms with Gasteiger partial charge in [0.25, 0.3) is 5.91 Å². The molecule has 19 heavy (non-hydrogen) atoms. The summed E-state index contributed by atoms with van der Waals surface area (Å²) in [5.41, 5.74) is 8.90. The van der Waals surface area contributed by atoms with Crippen molar-refractivity contribution in [3.05, 3.63) is 0 Å². The first-order chi connectivity index (χ1) is 8.56. The number of imide groups is 4. The van der Waals surface area contributed by atoms with Gasteiger partial charge in [-0.05, 0) is 6.92 Å². The maximum absolute atomic E-state index is 12.0. The van der Waals surface area contributed by atoms with Crippen LogP contribution in [0.1, 0.15) is 20.8 Å². The average Bonchev–Trinajstić information content (AvgIpc) is 2.24. The molecule has 104 valence electrons. The summed E-state index contributed by atoms with van der Waals surface area (Å²) >= 11 is 0. The molecule has 5 amide bonds. The SMILES string of the molecule is CC(=O)N1C(=O)N(C(C)=O)C(N)C(N)(C(C)=O)C1=O. The second-order valence-corrected chi connectivity index (χ2v) is 4.20. The number of nitrogens with zero attached hydrogens (tertiary/aromatic N) is 2. The topological polar surface area (TPSA) is 144 Å². The highest BCUT2D eigenvalue weighted by molar-refractivity contribution is 6.24. The monoisotopic (exact) mass is 270 g/mol. The molecule has 2 unspecified atom stereocenters. The Bertz CT molecular complexity index is 502. The van der Waals surface area contributed by atoms with E-state index in [1.165, 1.54) is 0 Å². The molecule has 1 aliphatic heterocycles. The lowest BCUT2D eigenvalue weighted by atomic mass is 9.87. The first kappa shape index (κ1) is 14.9. The number of carbonyl (C=O) groups is 5. The van der Waals surface area contributed by atoms with Crippen molar-refractivity contribution in [3.63, 3.8) is 0 Å². The van der Waals surface area contributed by atoms with E-state index in [1.807, 2.05) is 0 Å². The van der Waals surface area contributed by atoms with Crippen LogP contribution in [0, 0.1) is 0 Å². The molecule has 0 spiro atoms. The van der Waals surface area contributed by atoms with Crippen LogP contribution in [0.15, 0.2) is 0 Å². The van der Waals surface area contributed by atoms with Gasteiger partial charge in [0.15, 0.2) is 11.3 Å². The summed E-state index contributed by atoms with van der Waals surface area (Å²) in [6, 6.07) is -1.21. The van der Waals surface area contributed by atoms with Crippen molar-refractivity contribution in [2.75, 3.05) is 0 Å². The van der Waals surface area contributed by atoms with Crippen LogP contribution in [0.3, 0.4) is 0 Å². The quantitative estimate of drug-likeness (QED) is 0.520. The van der Waals surface area contributed by atoms with Crippen LogP contribution < -0.4 is 11.5 Å². The van der Waals surface area contributed by atoms with Gasteiger partial charge in [0.2, 0.25) is 11.8 Å². The fourth-order valence-electron chi connectivity index (χ4n) is 1.80. The van der Waals surface area contributed by atoms with E-state index in [-0.39, 0.29) is 4.90 Å². The molecule has 1 rings (SSSR count). The van der Waals surface area contributed by atoms with Crippen LogP contribution in [0.2, 0.25) is 0 Å². The van der Waals surface area contributed by atoms with Crippen molar-refractivity contribution < 1.29 is 24.0 Å². The zero-order chi connectivity index (χ0) is 15.1. The number of rotatable bonds is 1. The van der Waals surface area contributed by atoms with Crippen molar-refractivity contribution in [3.8, 4) is 0 Å². The first-order valence-corrected chi connectivity index (χ1v) is 5.31. The van der Waals surface area contributed by atoms with Gasteiger partial charge >= 0.3 is 6.03 Å². The van der Waals surface area contributed by atoms with Gasteiger partial charge in [-0.1, -0.05) is 0 Å². The summed E-state index contributed by atoms with van der Waals surface area (Å²) in [5.74, 6) is -3.87. The van der Waals surface area contributed by atoms with Crippen LogP contribution >= 0.6 is 0 Å². The zero-order valence-corrected chi connectivity index (χ0v) is 10.7. The molecule has 0 saturated carbocycles. The Morgan fingerprint density at radius 3 is 1.89 bits per heavy atom. The molecule has 9 heteroatoms. The van der Waals surface area contributed by atoms with Crippen LogP contribution in [-0.4, -0.2) is 51.0 Å². The van der Waals surface area contributed by atoms with E-state index >= 15 is 0 Å². The number of urea groups is 1. The van der Waals surface area contributed by atoms with Gasteiger partial charge in [0, 0.05) is 13.8 Å². The number of carbonyl (C=O) groups excluding carboxylic acids is 5. The summed E-state index contributed by atoms with van der Waals surface area (Å²) < 4.78 is 0. The van der Waals surface area contributed by atoms with Crippen LogP contribution in [0.5, 0.6) is 0 Å². The summed E-state index contributed by atoms with van der Waals surface area (Å²) in [6.07, 6.45) is -1.65. The first-order valence-electron chi connectivity index (χ1n) is 5.31. The van der Waals surface area contributed by atoms with Gasteiger partial charge in [-0.2, -0.15) is 4.90 Å². The standard InChI is InChI=1S/C10H14N4O5/c1-4(15)10(12)7(11)13(5(2)16)9(19)14(6(3)17)8(10)18/h7H,11-12H2,1-3H3. The molecule has 0 aromatic rings. The molecular weight excluding hydrogens is 256 g/mol. The molecule has 0 aromatic carbocycles. The van der Waals surface area contributed by atoms with E-state index in [1.54, 1.807) is 0 Å². The Labute approximate surface area is 108 Å². The third-order valence-corrected chi connectivity index (χ3v) is 2.94. The lowest BCUT2D eigenvalue weighted by Gasteiger charge is -2.44. The highest BCUT2D eigenvalue weighted by atomic mass is 16.2. The average molecular weight is 270 g/mol. The fraction of sp³-hybridized carbons (Fsp3) is 0.500. The van der Waals surface area contributed by atoms with E-state index in [4.69, 9.17) is 11.5 Å². The Morgan fingerprint density at radius 2 is 1.58 bits per heavy atom. The molecule has 1 heterocycles. The predicted octanol–water partition coefficient (Wildman–Crippen LogP) is -2.09. The van der Waals surface area contributed by atoms with E-state index in [2.05, 4.69) is 0 Å². The van der Waals surface area contributed by atoms with Gasteiger partial charge < -0.3 is 11.5 Å². The molecule has 0 bridgehead atoms. The minimum absolute atomic E-state index is 0.145. The summed E-state index contributed by atoms with van der Waals surface area (Å²) in [4.78, 5) is 58.8. The highest BCUT2D eigenvalue weighted by Gasteiger charge is 2.59. The third kappa shape index (κ3) is 1.92. The Morgan fingerprint density at radius 1 is 1.11 bits per heavy atom. The van der Waals surface area contributed by atoms with E-state index in [0.717, 1.165) is 20.8 Å². The normalized spacial score (nSPS) is 27.5. The van der Waals surface area contributed by atoms with Crippen LogP contribution in [0.4, 0.5) is 4.79 Å². The molecule has 0 aliphatic carbocycles. The van der Waals surface area contributed by atoms with Crippen molar-refractivity contribution >= 4 is 29.5 Å². The molecule has 9 nitrogen and oxygen atoms in total. The molecular formula is C10H14N4O5. The fourth-order valence-corrected chi connectivity index (χ4v) is 1.80. The van der Waals surface area contributed by atoms with Gasteiger partial charge in [-0.15, -0.1) is 0 Å². The maximum atomic E-state index is 12.0. The highest BCUT2D eigenvalue weighted by Crippen LogP contribution is 2.23. The number of ketones is 1. The molecule has 1 fully saturated rings. The lowest BCUT2D eigenvalue weighted by Crippen LogP contribution is -2.80. The molecule has 1 saturated heterocycles. The smallest absolute Gasteiger partial charge is 0.308 e. The second-order valence-electron chi connectivity index (χ2n) is 4.20. The van der Waals surface area contributed by atoms with Crippen molar-refractivity contribution in [1.29, 1.82) is 0 Å². The van der Waals surface area contributed by atoms with Crippen molar-refractivity contribution in [1.82, 2.24) is 9.80 Å². The lowest BCUT2D eigenvalue weighted by molar-refractivity contribution is -0.154. The molecule has 0 aromatic heterocycles. The number of hydrogen-bond acceptors (Lipinski definition) is 7. The molecule has 0 radical (unpaired) electrons. The van der Waals surface area contributed by atoms with Crippen molar-refractivity contribution in [2.45, 2.75) is 32.5 Å². The molecule has 4 N–H and O–H groups in total. The van der Waals surface area contributed by atoms with E-state index in [0.29, 0.717) is 4.90 Å². The van der Waals surface area contributed by atoms with Crippen LogP contribution in [-0.2, 0) is 19.2 Å². The number of Topliss-reactive ketones (excluding diaryl/α,β-unsaturated/α-hetero) is 1. The summed E-state index contributed by atoms with van der Waals surface area (Å²) in [6.45, 7) is 2.93. The second kappa shape index (κ2) is 4.52. The number of hydrogen-bond donors (Lipinski definition) is 2. The minimum atomic E-state index is -2.33. The predicted molar refractivity (Wildman–Crippen MR) is 61.0 cm³/mol. The summed E-state index contributed by atoms with van der Waals surface area (Å²) in [5, 5.41) is 0. The number of amides is 5. The third-order valence-electron chi connectivity index (χ3n) is 2.94. The Hall–Kier alpha value is -2.13. The molecule has 1 aliphatic rings. The number of nitrogens with two attached hydrogens (primary N) is 2. The summed E-state index contributed by atoms with van der Waals surface area (Å²) in [7, 11) is 0. The van der Waals surface area contributed by atoms with Gasteiger partial charge in [-0.25, -0.2) is 9.69 Å². The van der Waals surface area contributed by atoms with Gasteiger partial charge in [-0.3, -0.25) is 19.2 Å². The molecule has 2 atom stereocenters. The Balaban J connectivity index is 3.49. The maximum Gasteiger partial charge on any atom is 0.341 e.